The third kappa shape index (κ3) is 5.19. The van der Waals surface area contributed by atoms with Crippen molar-refractivity contribution in [2.45, 2.75) is 31.8 Å². The topological polar surface area (TPSA) is 73.9 Å². The lowest BCUT2D eigenvalue weighted by molar-refractivity contribution is -0.124. The van der Waals surface area contributed by atoms with Crippen molar-refractivity contribution in [3.8, 4) is 5.75 Å². The number of ether oxygens (including phenoxy) is 1. The number of carbonyl (C=O) groups is 2. The first-order chi connectivity index (χ1) is 12.5. The van der Waals surface area contributed by atoms with E-state index in [1.54, 1.807) is 7.11 Å². The van der Waals surface area contributed by atoms with E-state index in [-0.39, 0.29) is 17.9 Å². The minimum atomic E-state index is -0.209. The number of hydrogen-bond donors (Lipinski definition) is 2. The minimum absolute atomic E-state index is 0.0184. The molecule has 142 valence electrons. The Balaban J connectivity index is 1.42. The zero-order valence-electron chi connectivity index (χ0n) is 15.5. The maximum atomic E-state index is 12.5. The van der Waals surface area contributed by atoms with Gasteiger partial charge in [0.25, 0.3) is 0 Å². The summed E-state index contributed by atoms with van der Waals surface area (Å²) in [7, 11) is 1.62. The molecule has 26 heavy (non-hydrogen) atoms. The summed E-state index contributed by atoms with van der Waals surface area (Å²) in [5.74, 6) is 0.860. The molecule has 0 spiro atoms. The Morgan fingerprint density at radius 2 is 1.81 bits per heavy atom. The molecule has 2 N–H and O–H groups in total. The van der Waals surface area contributed by atoms with Gasteiger partial charge in [0.05, 0.1) is 19.7 Å². The fourth-order valence-corrected chi connectivity index (χ4v) is 3.10. The van der Waals surface area contributed by atoms with Crippen molar-refractivity contribution in [3.05, 3.63) is 24.3 Å². The number of methoxy groups -OCH3 is 1. The molecule has 1 aliphatic carbocycles. The number of nitrogens with zero attached hydrogens (tertiary/aromatic N) is 2. The number of carbonyl (C=O) groups excluding carboxylic acids is 2. The second-order valence-electron chi connectivity index (χ2n) is 7.05. The number of piperazine rings is 1. The molecule has 2 fully saturated rings. The van der Waals surface area contributed by atoms with Crippen LogP contribution in [0.2, 0.25) is 0 Å². The van der Waals surface area contributed by atoms with Crippen LogP contribution in [-0.2, 0) is 9.59 Å². The van der Waals surface area contributed by atoms with Crippen LogP contribution in [0.25, 0.3) is 0 Å². The maximum absolute atomic E-state index is 12.5. The van der Waals surface area contributed by atoms with Crippen LogP contribution in [0.5, 0.6) is 5.75 Å². The van der Waals surface area contributed by atoms with Gasteiger partial charge in [0.1, 0.15) is 5.75 Å². The largest absolute Gasteiger partial charge is 0.497 e. The van der Waals surface area contributed by atoms with Crippen LogP contribution in [0.4, 0.5) is 5.69 Å². The molecule has 0 unspecified atom stereocenters. The third-order valence-electron chi connectivity index (χ3n) is 5.00. The lowest BCUT2D eigenvalue weighted by atomic mass is 10.2. The van der Waals surface area contributed by atoms with Gasteiger partial charge in [-0.1, -0.05) is 0 Å². The molecule has 0 aromatic heterocycles. The van der Waals surface area contributed by atoms with Crippen LogP contribution in [0.3, 0.4) is 0 Å². The van der Waals surface area contributed by atoms with E-state index in [1.165, 1.54) is 0 Å². The van der Waals surface area contributed by atoms with E-state index in [9.17, 15) is 9.59 Å². The van der Waals surface area contributed by atoms with E-state index in [0.717, 1.165) is 50.5 Å². The molecule has 0 bridgehead atoms. The summed E-state index contributed by atoms with van der Waals surface area (Å²) in [5, 5.41) is 5.97. The second-order valence-corrected chi connectivity index (χ2v) is 7.05. The van der Waals surface area contributed by atoms with Gasteiger partial charge in [0.2, 0.25) is 11.8 Å². The predicted octanol–water partition coefficient (Wildman–Crippen LogP) is 0.918. The Bertz CT molecular complexity index is 622. The lowest BCUT2D eigenvalue weighted by Gasteiger charge is -2.37. The standard InChI is InChI=1S/C19H28N4O3/c1-14(19(25)21-16-5-7-17(26-2)8-6-16)23-11-9-22(10-12-23)13-18(24)20-15-3-4-15/h5-8,14-15H,3-4,9-13H2,1-2H3,(H,20,24)(H,21,25)/t14-/m1/s1. The van der Waals surface area contributed by atoms with E-state index in [2.05, 4.69) is 20.4 Å². The predicted molar refractivity (Wildman–Crippen MR) is 100 cm³/mol. The van der Waals surface area contributed by atoms with Gasteiger partial charge in [-0.05, 0) is 44.0 Å². The van der Waals surface area contributed by atoms with E-state index in [1.807, 2.05) is 31.2 Å². The molecule has 1 aliphatic heterocycles. The van der Waals surface area contributed by atoms with Crippen molar-refractivity contribution in [2.75, 3.05) is 45.2 Å². The van der Waals surface area contributed by atoms with Crippen LogP contribution in [0, 0.1) is 0 Å². The number of benzene rings is 1. The van der Waals surface area contributed by atoms with Gasteiger partial charge >= 0.3 is 0 Å². The summed E-state index contributed by atoms with van der Waals surface area (Å²) >= 11 is 0. The summed E-state index contributed by atoms with van der Waals surface area (Å²) in [6.45, 7) is 5.56. The number of anilines is 1. The average molecular weight is 360 g/mol. The fraction of sp³-hybridized carbons (Fsp3) is 0.579. The van der Waals surface area contributed by atoms with Crippen LogP contribution >= 0.6 is 0 Å². The minimum Gasteiger partial charge on any atom is -0.497 e. The van der Waals surface area contributed by atoms with Crippen molar-refractivity contribution in [1.29, 1.82) is 0 Å². The smallest absolute Gasteiger partial charge is 0.241 e. The Morgan fingerprint density at radius 1 is 1.15 bits per heavy atom. The first-order valence-corrected chi connectivity index (χ1v) is 9.26. The van der Waals surface area contributed by atoms with E-state index in [4.69, 9.17) is 4.74 Å². The molecule has 0 radical (unpaired) electrons. The molecule has 7 heteroatoms. The van der Waals surface area contributed by atoms with E-state index >= 15 is 0 Å². The summed E-state index contributed by atoms with van der Waals surface area (Å²) in [4.78, 5) is 28.7. The summed E-state index contributed by atoms with van der Waals surface area (Å²) in [6, 6.07) is 7.52. The van der Waals surface area contributed by atoms with Crippen molar-refractivity contribution >= 4 is 17.5 Å². The molecule has 7 nitrogen and oxygen atoms in total. The highest BCUT2D eigenvalue weighted by Crippen LogP contribution is 2.18. The first kappa shape index (κ1) is 18.7. The van der Waals surface area contributed by atoms with Gasteiger partial charge in [-0.3, -0.25) is 19.4 Å². The highest BCUT2D eigenvalue weighted by Gasteiger charge is 2.28. The summed E-state index contributed by atoms with van der Waals surface area (Å²) in [6.07, 6.45) is 2.22. The SMILES string of the molecule is COc1ccc(NC(=O)[C@@H](C)N2CCN(CC(=O)NC3CC3)CC2)cc1. The van der Waals surface area contributed by atoms with Crippen molar-refractivity contribution < 1.29 is 14.3 Å². The van der Waals surface area contributed by atoms with E-state index < -0.39 is 0 Å². The zero-order valence-corrected chi connectivity index (χ0v) is 15.5. The molecule has 1 saturated heterocycles. The van der Waals surface area contributed by atoms with Crippen molar-refractivity contribution in [3.63, 3.8) is 0 Å². The van der Waals surface area contributed by atoms with Crippen LogP contribution in [-0.4, -0.2) is 73.5 Å². The molecule has 1 aromatic carbocycles. The first-order valence-electron chi connectivity index (χ1n) is 9.26. The Morgan fingerprint density at radius 3 is 2.38 bits per heavy atom. The molecular weight excluding hydrogens is 332 g/mol. The van der Waals surface area contributed by atoms with Crippen molar-refractivity contribution in [1.82, 2.24) is 15.1 Å². The zero-order chi connectivity index (χ0) is 18.5. The van der Waals surface area contributed by atoms with Gasteiger partial charge in [0.15, 0.2) is 0 Å². The molecule has 3 rings (SSSR count). The Kier molecular flexibility index (Phi) is 6.11. The molecule has 2 aliphatic rings. The lowest BCUT2D eigenvalue weighted by Crippen LogP contribution is -2.54. The molecule has 2 amide bonds. The number of hydrogen-bond acceptors (Lipinski definition) is 5. The Labute approximate surface area is 154 Å². The quantitative estimate of drug-likeness (QED) is 0.756. The monoisotopic (exact) mass is 360 g/mol. The van der Waals surface area contributed by atoms with Gasteiger partial charge in [-0.25, -0.2) is 0 Å². The molecule has 1 aromatic rings. The van der Waals surface area contributed by atoms with Crippen LogP contribution < -0.4 is 15.4 Å². The van der Waals surface area contributed by atoms with Crippen molar-refractivity contribution in [2.24, 2.45) is 0 Å². The molecule has 1 atom stereocenters. The molecular formula is C19H28N4O3. The number of nitrogens with one attached hydrogen (secondary N) is 2. The summed E-state index contributed by atoms with van der Waals surface area (Å²) in [5.41, 5.74) is 0.762. The fourth-order valence-electron chi connectivity index (χ4n) is 3.10. The second kappa shape index (κ2) is 8.51. The average Bonchev–Trinajstić information content (AvgIpc) is 3.46. The number of amides is 2. The molecule has 1 saturated carbocycles. The van der Waals surface area contributed by atoms with Gasteiger partial charge in [-0.15, -0.1) is 0 Å². The maximum Gasteiger partial charge on any atom is 0.241 e. The van der Waals surface area contributed by atoms with E-state index in [0.29, 0.717) is 12.6 Å². The highest BCUT2D eigenvalue weighted by molar-refractivity contribution is 5.94. The van der Waals surface area contributed by atoms with Crippen LogP contribution in [0.1, 0.15) is 19.8 Å². The van der Waals surface area contributed by atoms with Gasteiger partial charge in [-0.2, -0.15) is 0 Å². The third-order valence-corrected chi connectivity index (χ3v) is 5.00. The van der Waals surface area contributed by atoms with Crippen LogP contribution in [0.15, 0.2) is 24.3 Å². The normalized spacial score (nSPS) is 19.6. The Hall–Kier alpha value is -2.12. The highest BCUT2D eigenvalue weighted by atomic mass is 16.5. The van der Waals surface area contributed by atoms with Gasteiger partial charge in [0, 0.05) is 37.9 Å². The summed E-state index contributed by atoms with van der Waals surface area (Å²) < 4.78 is 5.12. The van der Waals surface area contributed by atoms with Gasteiger partial charge < -0.3 is 15.4 Å². The number of rotatable bonds is 7. The molecule has 1 heterocycles.